The van der Waals surface area contributed by atoms with Crippen molar-refractivity contribution in [3.05, 3.63) is 113 Å². The highest BCUT2D eigenvalue weighted by atomic mass is 16.5. The van der Waals surface area contributed by atoms with Crippen molar-refractivity contribution < 1.29 is 9.84 Å². The number of hydrogen-bond acceptors (Lipinski definition) is 6. The van der Waals surface area contributed by atoms with Gasteiger partial charge in [-0.1, -0.05) is 12.1 Å². The number of hydrogen-bond donors (Lipinski definition) is 1. The molecule has 6 rings (SSSR count). The highest BCUT2D eigenvalue weighted by Crippen LogP contribution is 2.40. The molecule has 1 aromatic carbocycles. The number of aromatic nitrogens is 5. The van der Waals surface area contributed by atoms with E-state index in [4.69, 9.17) is 14.8 Å². The van der Waals surface area contributed by atoms with Gasteiger partial charge in [-0.3, -0.25) is 19.3 Å². The molecule has 1 N–H and O–H groups in total. The summed E-state index contributed by atoms with van der Waals surface area (Å²) in [5.41, 5.74) is 4.23. The van der Waals surface area contributed by atoms with Gasteiger partial charge in [-0.25, -0.2) is 4.98 Å². The smallest absolute Gasteiger partial charge is 0.258 e. The van der Waals surface area contributed by atoms with Gasteiger partial charge in [-0.05, 0) is 61.4 Å². The van der Waals surface area contributed by atoms with Crippen LogP contribution in [0.4, 0.5) is 0 Å². The molecule has 0 unspecified atom stereocenters. The minimum Gasteiger partial charge on any atom is -0.487 e. The summed E-state index contributed by atoms with van der Waals surface area (Å²) in [5, 5.41) is 8.48. The molecule has 8 heteroatoms. The molecule has 36 heavy (non-hydrogen) atoms. The van der Waals surface area contributed by atoms with Crippen LogP contribution < -0.4 is 10.3 Å². The lowest BCUT2D eigenvalue weighted by atomic mass is 10.2. The summed E-state index contributed by atoms with van der Waals surface area (Å²) < 4.78 is 9.47. The van der Waals surface area contributed by atoms with Crippen molar-refractivity contribution in [1.82, 2.24) is 24.1 Å². The third kappa shape index (κ3) is 5.34. The fourth-order valence-electron chi connectivity index (χ4n) is 3.95. The number of nitrogens with zero attached hydrogens (tertiary/aromatic N) is 5. The summed E-state index contributed by atoms with van der Waals surface area (Å²) in [6.07, 6.45) is 7.55. The molecule has 0 aliphatic heterocycles. The maximum atomic E-state index is 12.6. The standard InChI is InChI=1S/C22H20N4O2.C6H7NO/c1-25-20-12-17(7-8-19(20)24-22(25)15-5-6-15)26-11-9-18(13-21(26)27)28-14-16-4-2-3-10-23-16;8-5-6-3-1-2-4-7-6/h2-4,7-13,15H,5-6,14H2,1H3;1-4,8H,5H2. The Morgan fingerprint density at radius 3 is 2.33 bits per heavy atom. The van der Waals surface area contributed by atoms with Crippen molar-refractivity contribution in [3.63, 3.8) is 0 Å². The van der Waals surface area contributed by atoms with Gasteiger partial charge in [0.2, 0.25) is 0 Å². The van der Waals surface area contributed by atoms with Gasteiger partial charge in [0.1, 0.15) is 18.2 Å². The Kier molecular flexibility index (Phi) is 6.86. The zero-order valence-electron chi connectivity index (χ0n) is 20.0. The Morgan fingerprint density at radius 2 is 1.72 bits per heavy atom. The van der Waals surface area contributed by atoms with Crippen molar-refractivity contribution in [2.75, 3.05) is 0 Å². The van der Waals surface area contributed by atoms with Gasteiger partial charge in [0.15, 0.2) is 0 Å². The van der Waals surface area contributed by atoms with E-state index in [9.17, 15) is 4.79 Å². The van der Waals surface area contributed by atoms with Gasteiger partial charge in [0.05, 0.1) is 34.7 Å². The molecule has 4 aromatic heterocycles. The second-order valence-corrected chi connectivity index (χ2v) is 8.64. The molecule has 0 spiro atoms. The van der Waals surface area contributed by atoms with Gasteiger partial charge in [0.25, 0.3) is 5.56 Å². The van der Waals surface area contributed by atoms with E-state index >= 15 is 0 Å². The predicted molar refractivity (Wildman–Crippen MR) is 137 cm³/mol. The quantitative estimate of drug-likeness (QED) is 0.392. The number of fused-ring (bicyclic) bond motifs is 1. The highest BCUT2D eigenvalue weighted by Gasteiger charge is 2.28. The summed E-state index contributed by atoms with van der Waals surface area (Å²) in [6, 6.07) is 20.3. The molecular weight excluding hydrogens is 454 g/mol. The van der Waals surface area contributed by atoms with E-state index in [-0.39, 0.29) is 12.2 Å². The van der Waals surface area contributed by atoms with Crippen LogP contribution in [0.15, 0.2) is 90.1 Å². The minimum atomic E-state index is -0.137. The number of imidazole rings is 1. The van der Waals surface area contributed by atoms with Crippen LogP contribution in [0.5, 0.6) is 5.75 Å². The number of benzene rings is 1. The Morgan fingerprint density at radius 1 is 0.972 bits per heavy atom. The fraction of sp³-hybridized carbons (Fsp3) is 0.214. The van der Waals surface area contributed by atoms with Gasteiger partial charge in [-0.15, -0.1) is 0 Å². The van der Waals surface area contributed by atoms with E-state index in [1.165, 1.54) is 18.9 Å². The Hall–Kier alpha value is -4.30. The number of ether oxygens (including phenoxy) is 1. The largest absolute Gasteiger partial charge is 0.487 e. The van der Waals surface area contributed by atoms with E-state index in [1.807, 2.05) is 55.6 Å². The van der Waals surface area contributed by atoms with Crippen LogP contribution in [-0.2, 0) is 20.3 Å². The molecule has 0 bridgehead atoms. The van der Waals surface area contributed by atoms with Crippen LogP contribution in [0.2, 0.25) is 0 Å². The lowest BCUT2D eigenvalue weighted by molar-refractivity contribution is 0.277. The van der Waals surface area contributed by atoms with E-state index < -0.39 is 0 Å². The topological polar surface area (TPSA) is 95.1 Å². The SMILES string of the molecule is Cn1c(C2CC2)nc2ccc(-n3ccc(OCc4ccccn4)cc3=O)cc21.OCc1ccccn1. The molecule has 8 nitrogen and oxygen atoms in total. The fourth-order valence-corrected chi connectivity index (χ4v) is 3.95. The second kappa shape index (κ2) is 10.5. The van der Waals surface area contributed by atoms with Crippen LogP contribution in [0.25, 0.3) is 16.7 Å². The van der Waals surface area contributed by atoms with Crippen molar-refractivity contribution in [3.8, 4) is 11.4 Å². The number of aryl methyl sites for hydroxylation is 1. The van der Waals surface area contributed by atoms with Crippen LogP contribution in [0.3, 0.4) is 0 Å². The maximum absolute atomic E-state index is 12.6. The lowest BCUT2D eigenvalue weighted by Gasteiger charge is -2.09. The highest BCUT2D eigenvalue weighted by molar-refractivity contribution is 5.78. The van der Waals surface area contributed by atoms with Crippen molar-refractivity contribution in [2.24, 2.45) is 7.05 Å². The Labute approximate surface area is 208 Å². The van der Waals surface area contributed by atoms with Crippen molar-refractivity contribution in [1.29, 1.82) is 0 Å². The molecule has 1 fully saturated rings. The molecule has 4 heterocycles. The summed E-state index contributed by atoms with van der Waals surface area (Å²) in [4.78, 5) is 25.5. The molecule has 182 valence electrons. The Bertz CT molecular complexity index is 1510. The first-order valence-corrected chi connectivity index (χ1v) is 11.9. The molecule has 0 saturated heterocycles. The lowest BCUT2D eigenvalue weighted by Crippen LogP contribution is -2.16. The van der Waals surface area contributed by atoms with Crippen LogP contribution in [-0.4, -0.2) is 29.2 Å². The molecule has 0 amide bonds. The number of pyridine rings is 3. The molecule has 1 aliphatic carbocycles. The van der Waals surface area contributed by atoms with Crippen LogP contribution in [0, 0.1) is 0 Å². The molecule has 1 aliphatic rings. The summed E-state index contributed by atoms with van der Waals surface area (Å²) in [5.74, 6) is 2.25. The summed E-state index contributed by atoms with van der Waals surface area (Å²) in [6.45, 7) is 0.357. The van der Waals surface area contributed by atoms with E-state index in [0.29, 0.717) is 24.0 Å². The van der Waals surface area contributed by atoms with Crippen molar-refractivity contribution in [2.45, 2.75) is 32.0 Å². The van der Waals surface area contributed by atoms with E-state index in [2.05, 4.69) is 14.5 Å². The molecule has 1 saturated carbocycles. The number of aliphatic hydroxyl groups excluding tert-OH is 1. The first-order valence-electron chi connectivity index (χ1n) is 11.9. The van der Waals surface area contributed by atoms with E-state index in [0.717, 1.165) is 28.2 Å². The van der Waals surface area contributed by atoms with Gasteiger partial charge < -0.3 is 14.4 Å². The maximum Gasteiger partial charge on any atom is 0.258 e. The normalized spacial score (nSPS) is 12.7. The van der Waals surface area contributed by atoms with Gasteiger partial charge in [0, 0.05) is 37.6 Å². The molecule has 5 aromatic rings. The second-order valence-electron chi connectivity index (χ2n) is 8.64. The zero-order valence-corrected chi connectivity index (χ0v) is 20.0. The summed E-state index contributed by atoms with van der Waals surface area (Å²) >= 11 is 0. The van der Waals surface area contributed by atoms with E-state index in [1.54, 1.807) is 35.3 Å². The van der Waals surface area contributed by atoms with Crippen molar-refractivity contribution >= 4 is 11.0 Å². The minimum absolute atomic E-state index is 0.0286. The Balaban J connectivity index is 0.000000286. The average Bonchev–Trinajstić information content (AvgIpc) is 3.72. The number of rotatable bonds is 6. The zero-order chi connectivity index (χ0) is 24.9. The first kappa shape index (κ1) is 23.4. The first-order chi connectivity index (χ1) is 17.6. The summed E-state index contributed by atoms with van der Waals surface area (Å²) in [7, 11) is 2.05. The monoisotopic (exact) mass is 481 g/mol. The van der Waals surface area contributed by atoms with Crippen LogP contribution in [0.1, 0.15) is 36.0 Å². The molecule has 0 atom stereocenters. The number of aliphatic hydroxyl groups is 1. The molecule has 0 radical (unpaired) electrons. The average molecular weight is 482 g/mol. The van der Waals surface area contributed by atoms with Gasteiger partial charge >= 0.3 is 0 Å². The third-order valence-corrected chi connectivity index (χ3v) is 6.01. The van der Waals surface area contributed by atoms with Crippen LogP contribution >= 0.6 is 0 Å². The predicted octanol–water partition coefficient (Wildman–Crippen LogP) is 4.15. The molecular formula is C28H27N5O3. The third-order valence-electron chi connectivity index (χ3n) is 6.01. The van der Waals surface area contributed by atoms with Gasteiger partial charge in [-0.2, -0.15) is 0 Å².